The van der Waals surface area contributed by atoms with Crippen LogP contribution >= 0.6 is 0 Å². The zero-order chi connectivity index (χ0) is 18.4. The Morgan fingerprint density at radius 3 is 2.38 bits per heavy atom. The van der Waals surface area contributed by atoms with Crippen LogP contribution in [-0.2, 0) is 16.1 Å². The van der Waals surface area contributed by atoms with Crippen LogP contribution in [-0.4, -0.2) is 35.1 Å². The first-order valence-electron chi connectivity index (χ1n) is 8.68. The molecule has 1 heterocycles. The molecule has 2 N–H and O–H groups in total. The van der Waals surface area contributed by atoms with Crippen molar-refractivity contribution in [3.63, 3.8) is 0 Å². The lowest BCUT2D eigenvalue weighted by atomic mass is 9.96. The van der Waals surface area contributed by atoms with Gasteiger partial charge in [0.05, 0.1) is 5.69 Å². The zero-order valence-electron chi connectivity index (χ0n) is 14.4. The van der Waals surface area contributed by atoms with Crippen molar-refractivity contribution in [1.29, 1.82) is 0 Å². The number of aromatic hydroxyl groups is 1. The highest BCUT2D eigenvalue weighted by atomic mass is 16.6. The number of likely N-dealkylation sites (tertiary alicyclic amines) is 1. The highest BCUT2D eigenvalue weighted by Gasteiger charge is 2.28. The van der Waals surface area contributed by atoms with Gasteiger partial charge in [-0.3, -0.25) is 4.79 Å². The van der Waals surface area contributed by atoms with Crippen molar-refractivity contribution >= 4 is 17.7 Å². The van der Waals surface area contributed by atoms with E-state index < -0.39 is 0 Å². The lowest BCUT2D eigenvalue weighted by Crippen LogP contribution is -2.41. The molecule has 2 aromatic carbocycles. The normalized spacial score (nSPS) is 14.7. The van der Waals surface area contributed by atoms with Crippen LogP contribution in [0.4, 0.5) is 10.5 Å². The summed E-state index contributed by atoms with van der Waals surface area (Å²) in [7, 11) is 0. The van der Waals surface area contributed by atoms with E-state index in [9.17, 15) is 14.7 Å². The molecule has 0 radical (unpaired) electrons. The Hall–Kier alpha value is -3.02. The molecule has 1 aliphatic rings. The summed E-state index contributed by atoms with van der Waals surface area (Å²) in [5.41, 5.74) is 1.35. The van der Waals surface area contributed by atoms with E-state index in [4.69, 9.17) is 4.74 Å². The van der Waals surface area contributed by atoms with Crippen LogP contribution in [0.25, 0.3) is 0 Å². The van der Waals surface area contributed by atoms with Crippen LogP contribution in [0.1, 0.15) is 18.4 Å². The van der Waals surface area contributed by atoms with Gasteiger partial charge in [-0.05, 0) is 30.5 Å². The van der Waals surface area contributed by atoms with E-state index in [0.29, 0.717) is 31.6 Å². The summed E-state index contributed by atoms with van der Waals surface area (Å²) >= 11 is 0. The van der Waals surface area contributed by atoms with Crippen molar-refractivity contribution in [2.24, 2.45) is 5.92 Å². The van der Waals surface area contributed by atoms with Gasteiger partial charge >= 0.3 is 6.09 Å². The molecule has 0 unspecified atom stereocenters. The van der Waals surface area contributed by atoms with Crippen molar-refractivity contribution in [3.8, 4) is 5.75 Å². The average Bonchev–Trinajstić information content (AvgIpc) is 2.69. The lowest BCUT2D eigenvalue weighted by Gasteiger charge is -2.30. The van der Waals surface area contributed by atoms with Gasteiger partial charge in [-0.1, -0.05) is 42.5 Å². The molecule has 0 bridgehead atoms. The van der Waals surface area contributed by atoms with E-state index in [1.807, 2.05) is 30.3 Å². The Labute approximate surface area is 152 Å². The number of hydrogen-bond donors (Lipinski definition) is 2. The molecule has 1 aliphatic heterocycles. The van der Waals surface area contributed by atoms with Crippen molar-refractivity contribution in [2.45, 2.75) is 19.4 Å². The number of carbonyl (C=O) groups excluding carboxylic acids is 2. The van der Waals surface area contributed by atoms with Crippen molar-refractivity contribution in [3.05, 3.63) is 60.2 Å². The highest BCUT2D eigenvalue weighted by molar-refractivity contribution is 5.94. The quantitative estimate of drug-likeness (QED) is 0.825. The minimum absolute atomic E-state index is 0.0442. The zero-order valence-corrected chi connectivity index (χ0v) is 14.4. The molecule has 136 valence electrons. The maximum Gasteiger partial charge on any atom is 0.410 e. The molecule has 1 saturated heterocycles. The van der Waals surface area contributed by atoms with Gasteiger partial charge in [-0.25, -0.2) is 4.79 Å². The summed E-state index contributed by atoms with van der Waals surface area (Å²) < 4.78 is 5.33. The number of hydrogen-bond acceptors (Lipinski definition) is 4. The summed E-state index contributed by atoms with van der Waals surface area (Å²) in [5, 5.41) is 12.5. The number of anilines is 1. The molecule has 0 aliphatic carbocycles. The summed E-state index contributed by atoms with van der Waals surface area (Å²) in [4.78, 5) is 26.1. The number of ether oxygens (including phenoxy) is 1. The van der Waals surface area contributed by atoms with Gasteiger partial charge in [-0.15, -0.1) is 0 Å². The van der Waals surface area contributed by atoms with Crippen LogP contribution in [0.3, 0.4) is 0 Å². The first-order chi connectivity index (χ1) is 12.6. The van der Waals surface area contributed by atoms with Crippen LogP contribution in [0.5, 0.6) is 5.75 Å². The number of rotatable bonds is 4. The monoisotopic (exact) mass is 354 g/mol. The molecule has 26 heavy (non-hydrogen) atoms. The van der Waals surface area contributed by atoms with Crippen molar-refractivity contribution in [1.82, 2.24) is 4.90 Å². The predicted octanol–water partition coefficient (Wildman–Crippen LogP) is 3.38. The number of carbonyl (C=O) groups is 2. The van der Waals surface area contributed by atoms with Gasteiger partial charge in [0.1, 0.15) is 12.4 Å². The van der Waals surface area contributed by atoms with Gasteiger partial charge in [-0.2, -0.15) is 0 Å². The second-order valence-corrected chi connectivity index (χ2v) is 6.31. The third kappa shape index (κ3) is 4.53. The van der Waals surface area contributed by atoms with Crippen LogP contribution in [0.15, 0.2) is 54.6 Å². The van der Waals surface area contributed by atoms with Crippen LogP contribution in [0.2, 0.25) is 0 Å². The maximum atomic E-state index is 12.4. The number of para-hydroxylation sites is 2. The topological polar surface area (TPSA) is 78.9 Å². The number of piperidine rings is 1. The largest absolute Gasteiger partial charge is 0.506 e. The lowest BCUT2D eigenvalue weighted by molar-refractivity contribution is -0.121. The number of nitrogens with zero attached hydrogens (tertiary/aromatic N) is 1. The standard InChI is InChI=1S/C20H22N2O4/c23-18-9-5-4-8-17(18)21-19(24)16-10-12-22(13-11-16)20(25)26-14-15-6-2-1-3-7-15/h1-9,16,23H,10-14H2,(H,21,24). The Kier molecular flexibility index (Phi) is 5.73. The molecule has 0 atom stereocenters. The second-order valence-electron chi connectivity index (χ2n) is 6.31. The van der Waals surface area contributed by atoms with Crippen molar-refractivity contribution < 1.29 is 19.4 Å². The third-order valence-electron chi connectivity index (χ3n) is 4.49. The van der Waals surface area contributed by atoms with E-state index in [1.54, 1.807) is 23.1 Å². The number of amides is 2. The number of phenols is 1. The predicted molar refractivity (Wildman–Crippen MR) is 97.7 cm³/mol. The van der Waals surface area contributed by atoms with E-state index in [-0.39, 0.29) is 30.3 Å². The van der Waals surface area contributed by atoms with Gasteiger partial charge in [0.2, 0.25) is 5.91 Å². The molecular weight excluding hydrogens is 332 g/mol. The van der Waals surface area contributed by atoms with E-state index in [1.165, 1.54) is 6.07 Å². The summed E-state index contributed by atoms with van der Waals surface area (Å²) in [5.74, 6) is -0.278. The Balaban J connectivity index is 1.45. The highest BCUT2D eigenvalue weighted by Crippen LogP contribution is 2.25. The Morgan fingerprint density at radius 2 is 1.69 bits per heavy atom. The molecule has 2 aromatic rings. The first-order valence-corrected chi connectivity index (χ1v) is 8.68. The second kappa shape index (κ2) is 8.38. The fourth-order valence-electron chi connectivity index (χ4n) is 2.95. The SMILES string of the molecule is O=C(Nc1ccccc1O)C1CCN(C(=O)OCc2ccccc2)CC1. The molecule has 2 amide bonds. The van der Waals surface area contributed by atoms with E-state index in [0.717, 1.165) is 5.56 Å². The summed E-state index contributed by atoms with van der Waals surface area (Å²) in [6.45, 7) is 1.20. The summed E-state index contributed by atoms with van der Waals surface area (Å²) in [6, 6.07) is 16.2. The molecule has 1 fully saturated rings. The fraction of sp³-hybridized carbons (Fsp3) is 0.300. The molecular formula is C20H22N2O4. The average molecular weight is 354 g/mol. The number of benzene rings is 2. The molecule has 3 rings (SSSR count). The van der Waals surface area contributed by atoms with Gasteiger partial charge in [0, 0.05) is 19.0 Å². The molecule has 6 nitrogen and oxygen atoms in total. The number of nitrogens with one attached hydrogen (secondary N) is 1. The third-order valence-corrected chi connectivity index (χ3v) is 4.49. The fourth-order valence-corrected chi connectivity index (χ4v) is 2.95. The first kappa shape index (κ1) is 17.8. The van der Waals surface area contributed by atoms with Crippen LogP contribution < -0.4 is 5.32 Å². The Morgan fingerprint density at radius 1 is 1.04 bits per heavy atom. The minimum Gasteiger partial charge on any atom is -0.506 e. The van der Waals surface area contributed by atoms with Gasteiger partial charge < -0.3 is 20.1 Å². The van der Waals surface area contributed by atoms with E-state index >= 15 is 0 Å². The minimum atomic E-state index is -0.353. The van der Waals surface area contributed by atoms with E-state index in [2.05, 4.69) is 5.32 Å². The van der Waals surface area contributed by atoms with Gasteiger partial charge in [0.25, 0.3) is 0 Å². The van der Waals surface area contributed by atoms with Crippen molar-refractivity contribution in [2.75, 3.05) is 18.4 Å². The Bertz CT molecular complexity index is 755. The number of phenolic OH excluding ortho intramolecular Hbond substituents is 1. The van der Waals surface area contributed by atoms with Crippen LogP contribution in [0, 0.1) is 5.92 Å². The van der Waals surface area contributed by atoms with Gasteiger partial charge in [0.15, 0.2) is 0 Å². The maximum absolute atomic E-state index is 12.4. The molecule has 0 aromatic heterocycles. The molecule has 0 saturated carbocycles. The summed E-state index contributed by atoms with van der Waals surface area (Å²) in [6.07, 6.45) is 0.785. The molecule has 0 spiro atoms. The molecule has 6 heteroatoms. The smallest absolute Gasteiger partial charge is 0.410 e.